The molecule has 0 atom stereocenters. The van der Waals surface area contributed by atoms with E-state index in [1.807, 2.05) is 13.0 Å². The summed E-state index contributed by atoms with van der Waals surface area (Å²) in [5.41, 5.74) is 1.77. The van der Waals surface area contributed by atoms with Gasteiger partial charge in [0.1, 0.15) is 11.5 Å². The zero-order valence-corrected chi connectivity index (χ0v) is 19.1. The fourth-order valence-electron chi connectivity index (χ4n) is 3.97. The van der Waals surface area contributed by atoms with Crippen molar-refractivity contribution in [2.45, 2.75) is 49.2 Å². The van der Waals surface area contributed by atoms with Crippen LogP contribution in [0.3, 0.4) is 0 Å². The minimum Gasteiger partial charge on any atom is -0.495 e. The fraction of sp³-hybridized carbons (Fsp3) is 0.409. The first-order valence-electron chi connectivity index (χ1n) is 9.71. The molecule has 1 fully saturated rings. The monoisotopic (exact) mass is 451 g/mol. The van der Waals surface area contributed by atoms with Crippen molar-refractivity contribution in [1.29, 1.82) is 0 Å². The predicted octanol–water partition coefficient (Wildman–Crippen LogP) is 4.70. The van der Waals surface area contributed by atoms with E-state index in [1.54, 1.807) is 19.1 Å². The largest absolute Gasteiger partial charge is 0.495 e. The Morgan fingerprint density at radius 3 is 2.27 bits per heavy atom. The molecule has 8 heteroatoms. The van der Waals surface area contributed by atoms with Crippen molar-refractivity contribution in [3.8, 4) is 11.5 Å². The van der Waals surface area contributed by atoms with Crippen LogP contribution in [0.15, 0.2) is 35.2 Å². The predicted molar refractivity (Wildman–Crippen MR) is 117 cm³/mol. The van der Waals surface area contributed by atoms with E-state index in [4.69, 9.17) is 21.1 Å². The van der Waals surface area contributed by atoms with Crippen molar-refractivity contribution >= 4 is 33.0 Å². The van der Waals surface area contributed by atoms with Gasteiger partial charge in [-0.25, -0.2) is 8.42 Å². The number of amides is 1. The molecule has 6 nitrogen and oxygen atoms in total. The first-order chi connectivity index (χ1) is 14.2. The number of sulfone groups is 1. The number of halogens is 1. The van der Waals surface area contributed by atoms with Crippen LogP contribution in [0.2, 0.25) is 5.02 Å². The molecule has 1 amide bonds. The van der Waals surface area contributed by atoms with Crippen LogP contribution < -0.4 is 14.8 Å². The summed E-state index contributed by atoms with van der Waals surface area (Å²) in [4.78, 5) is 13.7. The van der Waals surface area contributed by atoms with Crippen molar-refractivity contribution in [2.24, 2.45) is 0 Å². The second-order valence-electron chi connectivity index (χ2n) is 7.61. The highest BCUT2D eigenvalue weighted by Crippen LogP contribution is 2.43. The lowest BCUT2D eigenvalue weighted by Crippen LogP contribution is -2.47. The normalized spacial score (nSPS) is 15.6. The standard InChI is InChI=1S/C22H26ClNO5S/c1-14-7-8-15(2)20(11-14)30(26,27)22(9-5-6-10-22)21(25)24-17-13-18(28-3)16(23)12-19(17)29-4/h7-8,11-13H,5-6,9-10H2,1-4H3,(H,24,25). The van der Waals surface area contributed by atoms with E-state index in [2.05, 4.69) is 5.32 Å². The lowest BCUT2D eigenvalue weighted by molar-refractivity contribution is -0.118. The van der Waals surface area contributed by atoms with E-state index in [0.717, 1.165) is 5.56 Å². The Hall–Kier alpha value is -2.25. The summed E-state index contributed by atoms with van der Waals surface area (Å²) in [6, 6.07) is 8.34. The summed E-state index contributed by atoms with van der Waals surface area (Å²) in [5, 5.41) is 3.10. The van der Waals surface area contributed by atoms with Gasteiger partial charge in [0.15, 0.2) is 14.6 Å². The number of aryl methyl sites for hydroxylation is 2. The van der Waals surface area contributed by atoms with Gasteiger partial charge in [0.25, 0.3) is 0 Å². The molecule has 2 aromatic carbocycles. The maximum atomic E-state index is 13.8. The molecule has 0 spiro atoms. The van der Waals surface area contributed by atoms with Gasteiger partial charge in [0, 0.05) is 12.1 Å². The van der Waals surface area contributed by atoms with Crippen LogP contribution >= 0.6 is 11.6 Å². The number of carbonyl (C=O) groups excluding carboxylic acids is 1. The van der Waals surface area contributed by atoms with Gasteiger partial charge in [0.2, 0.25) is 5.91 Å². The van der Waals surface area contributed by atoms with Gasteiger partial charge < -0.3 is 14.8 Å². The topological polar surface area (TPSA) is 81.7 Å². The van der Waals surface area contributed by atoms with Gasteiger partial charge in [-0.15, -0.1) is 0 Å². The van der Waals surface area contributed by atoms with Crippen LogP contribution in [0.25, 0.3) is 0 Å². The number of benzene rings is 2. The Morgan fingerprint density at radius 2 is 1.67 bits per heavy atom. The maximum absolute atomic E-state index is 13.8. The number of hydrogen-bond donors (Lipinski definition) is 1. The van der Waals surface area contributed by atoms with E-state index in [0.29, 0.717) is 40.6 Å². The summed E-state index contributed by atoms with van der Waals surface area (Å²) in [7, 11) is -1.02. The zero-order chi connectivity index (χ0) is 22.1. The quantitative estimate of drug-likeness (QED) is 0.688. The van der Waals surface area contributed by atoms with Crippen molar-refractivity contribution in [3.63, 3.8) is 0 Å². The highest BCUT2D eigenvalue weighted by molar-refractivity contribution is 7.93. The number of carbonyl (C=O) groups is 1. The number of rotatable bonds is 6. The van der Waals surface area contributed by atoms with Crippen LogP contribution in [-0.4, -0.2) is 33.3 Å². The number of hydrogen-bond acceptors (Lipinski definition) is 5. The molecule has 1 saturated carbocycles. The summed E-state index contributed by atoms with van der Waals surface area (Å²) in [6.45, 7) is 3.59. The molecule has 0 saturated heterocycles. The van der Waals surface area contributed by atoms with Crippen molar-refractivity contribution in [3.05, 3.63) is 46.5 Å². The Morgan fingerprint density at radius 1 is 1.03 bits per heavy atom. The third kappa shape index (κ3) is 3.76. The van der Waals surface area contributed by atoms with Crippen molar-refractivity contribution in [2.75, 3.05) is 19.5 Å². The van der Waals surface area contributed by atoms with E-state index in [1.165, 1.54) is 26.4 Å². The van der Waals surface area contributed by atoms with Gasteiger partial charge in [-0.2, -0.15) is 0 Å². The molecule has 0 unspecified atom stereocenters. The first-order valence-corrected chi connectivity index (χ1v) is 11.6. The Kier molecular flexibility index (Phi) is 6.34. The van der Waals surface area contributed by atoms with Crippen LogP contribution in [0.1, 0.15) is 36.8 Å². The molecular weight excluding hydrogens is 426 g/mol. The number of ether oxygens (including phenoxy) is 2. The molecule has 30 heavy (non-hydrogen) atoms. The SMILES string of the molecule is COc1cc(NC(=O)C2(S(=O)(=O)c3cc(C)ccc3C)CCCC2)c(OC)cc1Cl. The van der Waals surface area contributed by atoms with E-state index in [9.17, 15) is 13.2 Å². The second kappa shape index (κ2) is 8.47. The molecule has 3 rings (SSSR count). The second-order valence-corrected chi connectivity index (χ2v) is 10.3. The third-order valence-corrected chi connectivity index (χ3v) is 8.63. The highest BCUT2D eigenvalue weighted by atomic mass is 35.5. The summed E-state index contributed by atoms with van der Waals surface area (Å²) in [5.74, 6) is 0.112. The minimum absolute atomic E-state index is 0.209. The number of anilines is 1. The average molecular weight is 452 g/mol. The van der Waals surface area contributed by atoms with Crippen LogP contribution in [0, 0.1) is 13.8 Å². The number of nitrogens with one attached hydrogen (secondary N) is 1. The lowest BCUT2D eigenvalue weighted by atomic mass is 10.1. The molecule has 0 aromatic heterocycles. The Balaban J connectivity index is 2.07. The van der Waals surface area contributed by atoms with Gasteiger partial charge >= 0.3 is 0 Å². The zero-order valence-electron chi connectivity index (χ0n) is 17.5. The van der Waals surface area contributed by atoms with Crippen LogP contribution in [0.4, 0.5) is 5.69 Å². The molecule has 1 N–H and O–H groups in total. The molecule has 0 aliphatic heterocycles. The Labute approximate surface area is 182 Å². The van der Waals surface area contributed by atoms with Crippen LogP contribution in [-0.2, 0) is 14.6 Å². The summed E-state index contributed by atoms with van der Waals surface area (Å²) in [6.07, 6.45) is 1.86. The maximum Gasteiger partial charge on any atom is 0.246 e. The van der Waals surface area contributed by atoms with Crippen LogP contribution in [0.5, 0.6) is 11.5 Å². The van der Waals surface area contributed by atoms with E-state index < -0.39 is 20.5 Å². The molecule has 2 aromatic rings. The molecule has 1 aliphatic carbocycles. The smallest absolute Gasteiger partial charge is 0.246 e. The Bertz CT molecular complexity index is 1080. The van der Waals surface area contributed by atoms with E-state index in [-0.39, 0.29) is 17.7 Å². The molecular formula is C22H26ClNO5S. The molecule has 162 valence electrons. The van der Waals surface area contributed by atoms with Gasteiger partial charge in [0.05, 0.1) is 29.8 Å². The molecule has 0 heterocycles. The molecule has 0 radical (unpaired) electrons. The van der Waals surface area contributed by atoms with Crippen molar-refractivity contribution < 1.29 is 22.7 Å². The average Bonchev–Trinajstić information content (AvgIpc) is 3.22. The van der Waals surface area contributed by atoms with E-state index >= 15 is 0 Å². The summed E-state index contributed by atoms with van der Waals surface area (Å²) >= 11 is 6.14. The first kappa shape index (κ1) is 22.4. The minimum atomic E-state index is -3.93. The van der Waals surface area contributed by atoms with Gasteiger partial charge in [-0.3, -0.25) is 4.79 Å². The third-order valence-electron chi connectivity index (χ3n) is 5.69. The number of methoxy groups -OCH3 is 2. The summed E-state index contributed by atoms with van der Waals surface area (Å²) < 4.78 is 36.5. The fourth-order valence-corrected chi connectivity index (χ4v) is 6.57. The molecule has 0 bridgehead atoms. The van der Waals surface area contributed by atoms with Crippen molar-refractivity contribution in [1.82, 2.24) is 0 Å². The lowest BCUT2D eigenvalue weighted by Gasteiger charge is -2.29. The highest BCUT2D eigenvalue weighted by Gasteiger charge is 2.53. The van der Waals surface area contributed by atoms with Gasteiger partial charge in [-0.1, -0.05) is 36.6 Å². The molecule has 1 aliphatic rings. The van der Waals surface area contributed by atoms with Gasteiger partial charge in [-0.05, 0) is 43.9 Å².